The summed E-state index contributed by atoms with van der Waals surface area (Å²) in [4.78, 5) is -0.100. The van der Waals surface area contributed by atoms with E-state index in [-0.39, 0.29) is 23.5 Å². The third-order valence-corrected chi connectivity index (χ3v) is 5.39. The largest absolute Gasteiger partial charge is 0.390 e. The summed E-state index contributed by atoms with van der Waals surface area (Å²) in [6.45, 7) is 2.08. The van der Waals surface area contributed by atoms with Gasteiger partial charge in [0.05, 0.1) is 16.1 Å². The summed E-state index contributed by atoms with van der Waals surface area (Å²) in [5, 5.41) is 18.6. The van der Waals surface area contributed by atoms with Crippen molar-refractivity contribution in [1.82, 2.24) is 4.31 Å². The molecule has 0 aromatic heterocycles. The van der Waals surface area contributed by atoms with E-state index in [1.54, 1.807) is 13.0 Å². The zero-order chi connectivity index (χ0) is 15.0. The Hall–Kier alpha value is -1.49. The maximum atomic E-state index is 13.2. The summed E-state index contributed by atoms with van der Waals surface area (Å²) in [7, 11) is -3.76. The highest BCUT2D eigenvalue weighted by Gasteiger charge is 2.34. The van der Waals surface area contributed by atoms with Crippen LogP contribution in [0.4, 0.5) is 4.39 Å². The summed E-state index contributed by atoms with van der Waals surface area (Å²) in [5.74, 6) is -0.743. The minimum Gasteiger partial charge on any atom is -0.390 e. The molecule has 0 radical (unpaired) electrons. The zero-order valence-electron chi connectivity index (χ0n) is 11.0. The minimum atomic E-state index is -3.76. The van der Waals surface area contributed by atoms with E-state index < -0.39 is 21.4 Å². The van der Waals surface area contributed by atoms with Crippen LogP contribution in [0.1, 0.15) is 25.3 Å². The Kier molecular flexibility index (Phi) is 3.82. The zero-order valence-corrected chi connectivity index (χ0v) is 11.8. The molecule has 0 saturated carbocycles. The molecule has 1 fully saturated rings. The van der Waals surface area contributed by atoms with Gasteiger partial charge in [0.15, 0.2) is 0 Å². The summed E-state index contributed by atoms with van der Waals surface area (Å²) >= 11 is 0. The van der Waals surface area contributed by atoms with Crippen LogP contribution in [-0.4, -0.2) is 36.5 Å². The van der Waals surface area contributed by atoms with E-state index in [0.717, 1.165) is 18.2 Å². The van der Waals surface area contributed by atoms with Crippen LogP contribution in [0.2, 0.25) is 0 Å². The van der Waals surface area contributed by atoms with Crippen LogP contribution in [0, 0.1) is 17.1 Å². The number of aliphatic hydroxyl groups is 1. The molecular weight excluding hydrogens is 283 g/mol. The molecule has 108 valence electrons. The van der Waals surface area contributed by atoms with Gasteiger partial charge in [0.25, 0.3) is 0 Å². The maximum absolute atomic E-state index is 13.2. The Balaban J connectivity index is 2.30. The first-order valence-corrected chi connectivity index (χ1v) is 7.62. The predicted octanol–water partition coefficient (Wildman–Crippen LogP) is 1.23. The van der Waals surface area contributed by atoms with Gasteiger partial charge in [0.1, 0.15) is 11.9 Å². The first-order chi connectivity index (χ1) is 9.26. The van der Waals surface area contributed by atoms with Gasteiger partial charge in [0.2, 0.25) is 10.0 Å². The highest BCUT2D eigenvalue weighted by Crippen LogP contribution is 2.26. The van der Waals surface area contributed by atoms with E-state index in [1.165, 1.54) is 4.31 Å². The van der Waals surface area contributed by atoms with Gasteiger partial charge in [-0.25, -0.2) is 12.8 Å². The summed E-state index contributed by atoms with van der Waals surface area (Å²) < 4.78 is 39.3. The van der Waals surface area contributed by atoms with Gasteiger partial charge in [-0.3, -0.25) is 0 Å². The number of nitriles is 1. The van der Waals surface area contributed by atoms with Crippen LogP contribution >= 0.6 is 0 Å². The third kappa shape index (κ3) is 2.82. The van der Waals surface area contributed by atoms with Gasteiger partial charge in [0, 0.05) is 13.1 Å². The quantitative estimate of drug-likeness (QED) is 0.890. The lowest BCUT2D eigenvalue weighted by Crippen LogP contribution is -2.45. The first-order valence-electron chi connectivity index (χ1n) is 6.18. The van der Waals surface area contributed by atoms with E-state index in [1.807, 2.05) is 0 Å². The van der Waals surface area contributed by atoms with Crippen molar-refractivity contribution in [3.05, 3.63) is 29.6 Å². The molecule has 0 aliphatic carbocycles. The minimum absolute atomic E-state index is 0.100. The summed E-state index contributed by atoms with van der Waals surface area (Å²) in [6, 6.07) is 4.79. The Morgan fingerprint density at radius 3 is 2.55 bits per heavy atom. The van der Waals surface area contributed by atoms with Crippen molar-refractivity contribution in [3.63, 3.8) is 0 Å². The number of piperidine rings is 1. The van der Waals surface area contributed by atoms with Gasteiger partial charge in [-0.05, 0) is 38.0 Å². The predicted molar refractivity (Wildman–Crippen MR) is 69.7 cm³/mol. The van der Waals surface area contributed by atoms with Gasteiger partial charge >= 0.3 is 0 Å². The van der Waals surface area contributed by atoms with Gasteiger partial charge in [-0.15, -0.1) is 0 Å². The van der Waals surface area contributed by atoms with Crippen molar-refractivity contribution in [1.29, 1.82) is 5.26 Å². The number of rotatable bonds is 2. The first kappa shape index (κ1) is 14.9. The molecule has 7 heteroatoms. The molecule has 1 aromatic carbocycles. The Morgan fingerprint density at radius 1 is 1.40 bits per heavy atom. The van der Waals surface area contributed by atoms with Gasteiger partial charge in [-0.1, -0.05) is 0 Å². The second-order valence-electron chi connectivity index (χ2n) is 5.15. The standard InChI is InChI=1S/C13H15FN2O3S/c1-13(17)4-6-16(7-5-13)20(18,19)11-2-3-12(14)10(8-11)9-15/h2-3,8,17H,4-7H2,1H3. The van der Waals surface area contributed by atoms with E-state index in [9.17, 15) is 17.9 Å². The molecule has 1 aromatic rings. The lowest BCUT2D eigenvalue weighted by atomic mass is 9.95. The maximum Gasteiger partial charge on any atom is 0.243 e. The van der Waals surface area contributed by atoms with Crippen molar-refractivity contribution in [2.24, 2.45) is 0 Å². The molecule has 1 aliphatic heterocycles. The Morgan fingerprint density at radius 2 is 2.00 bits per heavy atom. The second kappa shape index (κ2) is 5.13. The van der Waals surface area contributed by atoms with Crippen LogP contribution in [0.15, 0.2) is 23.1 Å². The molecule has 20 heavy (non-hydrogen) atoms. The molecule has 0 atom stereocenters. The van der Waals surface area contributed by atoms with Crippen molar-refractivity contribution in [2.75, 3.05) is 13.1 Å². The lowest BCUT2D eigenvalue weighted by Gasteiger charge is -2.34. The van der Waals surface area contributed by atoms with Crippen molar-refractivity contribution in [2.45, 2.75) is 30.3 Å². The molecule has 0 spiro atoms. The molecule has 1 aliphatic rings. The molecule has 0 amide bonds. The molecule has 0 bridgehead atoms. The fraction of sp³-hybridized carbons (Fsp3) is 0.462. The fourth-order valence-corrected chi connectivity index (χ4v) is 3.58. The molecule has 2 rings (SSSR count). The molecule has 5 nitrogen and oxygen atoms in total. The molecule has 1 N–H and O–H groups in total. The average molecular weight is 298 g/mol. The van der Waals surface area contributed by atoms with Crippen molar-refractivity contribution in [3.8, 4) is 6.07 Å². The van der Waals surface area contributed by atoms with E-state index in [4.69, 9.17) is 5.26 Å². The van der Waals surface area contributed by atoms with Crippen LogP contribution < -0.4 is 0 Å². The van der Waals surface area contributed by atoms with E-state index >= 15 is 0 Å². The topological polar surface area (TPSA) is 81.4 Å². The summed E-state index contributed by atoms with van der Waals surface area (Å²) in [5.41, 5.74) is -1.15. The highest BCUT2D eigenvalue weighted by molar-refractivity contribution is 7.89. The normalized spacial score (nSPS) is 19.5. The smallest absolute Gasteiger partial charge is 0.243 e. The van der Waals surface area contributed by atoms with E-state index in [2.05, 4.69) is 0 Å². The Labute approximate surface area is 117 Å². The van der Waals surface area contributed by atoms with Gasteiger partial charge in [-0.2, -0.15) is 9.57 Å². The van der Waals surface area contributed by atoms with Crippen LogP contribution in [0.3, 0.4) is 0 Å². The molecule has 1 saturated heterocycles. The van der Waals surface area contributed by atoms with E-state index in [0.29, 0.717) is 12.8 Å². The summed E-state index contributed by atoms with van der Waals surface area (Å²) in [6.07, 6.45) is 0.692. The Bertz CT molecular complexity index is 655. The van der Waals surface area contributed by atoms with Crippen molar-refractivity contribution >= 4 is 10.0 Å². The lowest BCUT2D eigenvalue weighted by molar-refractivity contribution is 0.0126. The SMILES string of the molecule is CC1(O)CCN(S(=O)(=O)c2ccc(F)c(C#N)c2)CC1. The second-order valence-corrected chi connectivity index (χ2v) is 7.09. The average Bonchev–Trinajstić information content (AvgIpc) is 2.38. The fourth-order valence-electron chi connectivity index (χ4n) is 2.11. The molecule has 1 heterocycles. The number of sulfonamides is 1. The van der Waals surface area contributed by atoms with Crippen molar-refractivity contribution < 1.29 is 17.9 Å². The number of benzene rings is 1. The van der Waals surface area contributed by atoms with Crippen LogP contribution in [0.5, 0.6) is 0 Å². The number of nitrogens with zero attached hydrogens (tertiary/aromatic N) is 2. The number of hydrogen-bond acceptors (Lipinski definition) is 4. The highest BCUT2D eigenvalue weighted by atomic mass is 32.2. The third-order valence-electron chi connectivity index (χ3n) is 3.50. The number of hydrogen-bond donors (Lipinski definition) is 1. The van der Waals surface area contributed by atoms with Crippen LogP contribution in [0.25, 0.3) is 0 Å². The van der Waals surface area contributed by atoms with Gasteiger partial charge < -0.3 is 5.11 Å². The molecular formula is C13H15FN2O3S. The van der Waals surface area contributed by atoms with Crippen LogP contribution in [-0.2, 0) is 10.0 Å². The molecule has 0 unspecified atom stereocenters. The number of halogens is 1. The monoisotopic (exact) mass is 298 g/mol.